The number of halogens is 1. The fourth-order valence-corrected chi connectivity index (χ4v) is 2.77. The third kappa shape index (κ3) is 8.49. The number of sulfonamides is 1. The van der Waals surface area contributed by atoms with Gasteiger partial charge in [0.25, 0.3) is 0 Å². The number of nitrogens with zero attached hydrogens (tertiary/aromatic N) is 1. The Morgan fingerprint density at radius 2 is 1.96 bits per heavy atom. The van der Waals surface area contributed by atoms with Crippen LogP contribution in [0.4, 0.5) is 0 Å². The Bertz CT molecular complexity index is 591. The number of hydrogen-bond acceptors (Lipinski definition) is 4. The van der Waals surface area contributed by atoms with Gasteiger partial charge in [0.05, 0.1) is 18.0 Å². The molecule has 0 aliphatic rings. The maximum Gasteiger partial charge on any atom is 0.240 e. The Kier molecular flexibility index (Phi) is 10.4. The van der Waals surface area contributed by atoms with Gasteiger partial charge in [-0.25, -0.2) is 13.1 Å². The van der Waals surface area contributed by atoms with Crippen molar-refractivity contribution in [2.24, 2.45) is 10.7 Å². The molecule has 7 nitrogen and oxygen atoms in total. The number of methoxy groups -OCH3 is 1. The number of hydrogen-bond donors (Lipinski definition) is 3. The van der Waals surface area contributed by atoms with E-state index in [1.165, 1.54) is 0 Å². The van der Waals surface area contributed by atoms with Crippen LogP contribution in [0.3, 0.4) is 0 Å². The second kappa shape index (κ2) is 10.8. The van der Waals surface area contributed by atoms with E-state index in [0.717, 1.165) is 5.56 Å². The molecule has 0 saturated heterocycles. The lowest BCUT2D eigenvalue weighted by molar-refractivity contribution is 0.179. The van der Waals surface area contributed by atoms with Gasteiger partial charge in [-0.3, -0.25) is 4.99 Å². The van der Waals surface area contributed by atoms with E-state index in [-0.39, 0.29) is 54.0 Å². The van der Waals surface area contributed by atoms with Crippen LogP contribution < -0.4 is 15.8 Å². The Labute approximate surface area is 155 Å². The highest BCUT2D eigenvalue weighted by Crippen LogP contribution is 2.09. The highest BCUT2D eigenvalue weighted by Gasteiger charge is 2.12. The van der Waals surface area contributed by atoms with Crippen molar-refractivity contribution in [3.05, 3.63) is 29.8 Å². The number of aryl methyl sites for hydroxylation is 1. The van der Waals surface area contributed by atoms with Gasteiger partial charge >= 0.3 is 0 Å². The van der Waals surface area contributed by atoms with Crippen LogP contribution in [-0.2, 0) is 14.8 Å². The van der Waals surface area contributed by atoms with Crippen LogP contribution >= 0.6 is 24.0 Å². The van der Waals surface area contributed by atoms with Crippen LogP contribution in [0, 0.1) is 6.92 Å². The molecular formula is C14H25IN4O3S. The van der Waals surface area contributed by atoms with Crippen LogP contribution in [-0.4, -0.2) is 47.2 Å². The minimum Gasteiger partial charge on any atom is -0.383 e. The molecular weight excluding hydrogens is 431 g/mol. The third-order valence-corrected chi connectivity index (χ3v) is 4.31. The van der Waals surface area contributed by atoms with Gasteiger partial charge < -0.3 is 15.8 Å². The van der Waals surface area contributed by atoms with Gasteiger partial charge in [0, 0.05) is 19.7 Å². The molecule has 0 aliphatic heterocycles. The molecule has 1 aromatic rings. The fourth-order valence-electron chi connectivity index (χ4n) is 1.75. The maximum absolute atomic E-state index is 12.0. The molecule has 0 radical (unpaired) electrons. The lowest BCUT2D eigenvalue weighted by Gasteiger charge is -2.13. The van der Waals surface area contributed by atoms with E-state index in [2.05, 4.69) is 15.0 Å². The number of rotatable bonds is 8. The first kappa shape index (κ1) is 22.1. The van der Waals surface area contributed by atoms with Gasteiger partial charge in [-0.2, -0.15) is 0 Å². The number of benzene rings is 1. The van der Waals surface area contributed by atoms with E-state index in [4.69, 9.17) is 10.5 Å². The average Bonchev–Trinajstić information content (AvgIpc) is 2.44. The van der Waals surface area contributed by atoms with Crippen molar-refractivity contribution in [1.82, 2.24) is 10.0 Å². The molecule has 1 aromatic carbocycles. The second-order valence-electron chi connectivity index (χ2n) is 4.98. The van der Waals surface area contributed by atoms with Crippen molar-refractivity contribution in [1.29, 1.82) is 0 Å². The first-order valence-corrected chi connectivity index (χ1v) is 8.45. The summed E-state index contributed by atoms with van der Waals surface area (Å²) >= 11 is 0. The number of aliphatic imine (C=N–C) groups is 1. The van der Waals surface area contributed by atoms with Gasteiger partial charge in [-0.1, -0.05) is 17.7 Å². The largest absolute Gasteiger partial charge is 0.383 e. The van der Waals surface area contributed by atoms with E-state index in [1.807, 2.05) is 13.8 Å². The van der Waals surface area contributed by atoms with Gasteiger partial charge in [-0.15, -0.1) is 24.0 Å². The molecule has 4 N–H and O–H groups in total. The van der Waals surface area contributed by atoms with Crippen molar-refractivity contribution in [3.8, 4) is 0 Å². The lowest BCUT2D eigenvalue weighted by atomic mass is 10.2. The summed E-state index contributed by atoms with van der Waals surface area (Å²) in [5.41, 5.74) is 6.70. The van der Waals surface area contributed by atoms with Gasteiger partial charge in [0.2, 0.25) is 10.0 Å². The van der Waals surface area contributed by atoms with Gasteiger partial charge in [0.1, 0.15) is 0 Å². The molecule has 0 fully saturated rings. The number of nitrogens with two attached hydrogens (primary N) is 1. The van der Waals surface area contributed by atoms with E-state index >= 15 is 0 Å². The second-order valence-corrected chi connectivity index (χ2v) is 6.75. The van der Waals surface area contributed by atoms with Crippen molar-refractivity contribution in [3.63, 3.8) is 0 Å². The Morgan fingerprint density at radius 3 is 2.52 bits per heavy atom. The molecule has 0 heterocycles. The molecule has 0 bridgehead atoms. The average molecular weight is 456 g/mol. The fraction of sp³-hybridized carbons (Fsp3) is 0.500. The van der Waals surface area contributed by atoms with Crippen LogP contribution in [0.2, 0.25) is 0 Å². The maximum atomic E-state index is 12.0. The van der Waals surface area contributed by atoms with Crippen molar-refractivity contribution in [2.75, 3.05) is 26.8 Å². The molecule has 1 rings (SSSR count). The molecule has 23 heavy (non-hydrogen) atoms. The first-order chi connectivity index (χ1) is 10.3. The SMILES string of the molecule is COCC(C)NC(N)=NCCNS(=O)(=O)c1ccc(C)cc1.I. The summed E-state index contributed by atoms with van der Waals surface area (Å²) in [5.74, 6) is 0.263. The summed E-state index contributed by atoms with van der Waals surface area (Å²) in [4.78, 5) is 4.30. The van der Waals surface area contributed by atoms with Crippen LogP contribution in [0.15, 0.2) is 34.2 Å². The molecule has 0 saturated carbocycles. The van der Waals surface area contributed by atoms with E-state index < -0.39 is 10.0 Å². The molecule has 9 heteroatoms. The standard InChI is InChI=1S/C14H24N4O3S.HI/c1-11-4-6-13(7-5-11)22(19,20)17-9-8-16-14(15)18-12(2)10-21-3;/h4-7,12,17H,8-10H2,1-3H3,(H3,15,16,18);1H. The van der Waals surface area contributed by atoms with E-state index in [1.54, 1.807) is 31.4 Å². The minimum absolute atomic E-state index is 0. The summed E-state index contributed by atoms with van der Waals surface area (Å²) in [6.07, 6.45) is 0. The smallest absolute Gasteiger partial charge is 0.240 e. The summed E-state index contributed by atoms with van der Waals surface area (Å²) in [7, 11) is -1.90. The normalized spacial score (nSPS) is 13.3. The predicted molar refractivity (Wildman–Crippen MR) is 103 cm³/mol. The van der Waals surface area contributed by atoms with Gasteiger partial charge in [-0.05, 0) is 26.0 Å². The monoisotopic (exact) mass is 456 g/mol. The highest BCUT2D eigenvalue weighted by atomic mass is 127. The quantitative estimate of drug-likeness (QED) is 0.233. The molecule has 0 amide bonds. The summed E-state index contributed by atoms with van der Waals surface area (Å²) in [6.45, 7) is 4.75. The van der Waals surface area contributed by atoms with E-state index in [0.29, 0.717) is 6.61 Å². The molecule has 132 valence electrons. The summed E-state index contributed by atoms with van der Waals surface area (Å²) < 4.78 is 31.5. The number of ether oxygens (including phenoxy) is 1. The molecule has 0 aliphatic carbocycles. The van der Waals surface area contributed by atoms with Crippen molar-refractivity contribution in [2.45, 2.75) is 24.8 Å². The Morgan fingerprint density at radius 1 is 1.35 bits per heavy atom. The zero-order chi connectivity index (χ0) is 16.6. The summed E-state index contributed by atoms with van der Waals surface area (Å²) in [6, 6.07) is 6.70. The van der Waals surface area contributed by atoms with Crippen LogP contribution in [0.1, 0.15) is 12.5 Å². The van der Waals surface area contributed by atoms with Crippen molar-refractivity contribution < 1.29 is 13.2 Å². The molecule has 0 aromatic heterocycles. The highest BCUT2D eigenvalue weighted by molar-refractivity contribution is 14.0. The number of guanidine groups is 1. The molecule has 1 unspecified atom stereocenters. The Hall–Kier alpha value is -0.910. The molecule has 1 atom stereocenters. The first-order valence-electron chi connectivity index (χ1n) is 6.97. The van der Waals surface area contributed by atoms with E-state index in [9.17, 15) is 8.42 Å². The number of nitrogens with one attached hydrogen (secondary N) is 2. The van der Waals surface area contributed by atoms with Crippen LogP contribution in [0.25, 0.3) is 0 Å². The third-order valence-electron chi connectivity index (χ3n) is 2.83. The predicted octanol–water partition coefficient (Wildman–Crippen LogP) is 0.831. The minimum atomic E-state index is -3.51. The topological polar surface area (TPSA) is 106 Å². The zero-order valence-electron chi connectivity index (χ0n) is 13.6. The summed E-state index contributed by atoms with van der Waals surface area (Å²) in [5, 5.41) is 2.94. The zero-order valence-corrected chi connectivity index (χ0v) is 16.7. The van der Waals surface area contributed by atoms with Crippen LogP contribution in [0.5, 0.6) is 0 Å². The molecule has 0 spiro atoms. The van der Waals surface area contributed by atoms with Crippen molar-refractivity contribution >= 4 is 40.0 Å². The lowest BCUT2D eigenvalue weighted by Crippen LogP contribution is -2.41. The van der Waals surface area contributed by atoms with Gasteiger partial charge in [0.15, 0.2) is 5.96 Å². The Balaban J connectivity index is 0.00000484.